The van der Waals surface area contributed by atoms with Crippen molar-refractivity contribution in [3.8, 4) is 0 Å². The van der Waals surface area contributed by atoms with Crippen molar-refractivity contribution in [3.05, 3.63) is 24.3 Å². The lowest BCUT2D eigenvalue weighted by Gasteiger charge is -2.04. The molecule has 0 spiro atoms. The van der Waals surface area contributed by atoms with E-state index < -0.39 is 0 Å². The molecule has 218 valence electrons. The highest BCUT2D eigenvalue weighted by Gasteiger charge is 2.02. The Morgan fingerprint density at radius 1 is 0.486 bits per heavy atom. The molecule has 0 aliphatic rings. The Kier molecular flexibility index (Phi) is 33.7. The molecule has 0 atom stereocenters. The normalized spacial score (nSPS) is 11.8. The van der Waals surface area contributed by atoms with Gasteiger partial charge in [0.2, 0.25) is 0 Å². The SMILES string of the molecule is CCCCC/C=C\C/C=C\CCCCCCCCC(=O)CCCCCCCCCSCSCCCCC. The quantitative estimate of drug-likeness (QED) is 0.0483. The smallest absolute Gasteiger partial charge is 0.132 e. The van der Waals surface area contributed by atoms with E-state index in [1.165, 1.54) is 139 Å². The maximum Gasteiger partial charge on any atom is 0.132 e. The van der Waals surface area contributed by atoms with Gasteiger partial charge < -0.3 is 0 Å². The van der Waals surface area contributed by atoms with Gasteiger partial charge in [0.05, 0.1) is 0 Å². The molecular weight excluding hydrogens is 489 g/mol. The summed E-state index contributed by atoms with van der Waals surface area (Å²) in [7, 11) is 0. The van der Waals surface area contributed by atoms with Crippen LogP contribution in [-0.2, 0) is 4.79 Å². The highest BCUT2D eigenvalue weighted by molar-refractivity contribution is 8.15. The van der Waals surface area contributed by atoms with Crippen LogP contribution in [0, 0.1) is 0 Å². The summed E-state index contributed by atoms with van der Waals surface area (Å²) in [6.45, 7) is 4.54. The molecule has 37 heavy (non-hydrogen) atoms. The fourth-order valence-corrected chi connectivity index (χ4v) is 6.71. The molecule has 0 aromatic heterocycles. The summed E-state index contributed by atoms with van der Waals surface area (Å²) in [6.07, 6.45) is 39.5. The average Bonchev–Trinajstić information content (AvgIpc) is 2.90. The summed E-state index contributed by atoms with van der Waals surface area (Å²) in [4.78, 5) is 12.1. The summed E-state index contributed by atoms with van der Waals surface area (Å²) in [6, 6.07) is 0. The summed E-state index contributed by atoms with van der Waals surface area (Å²) < 4.78 is 0. The van der Waals surface area contributed by atoms with Crippen LogP contribution in [0.5, 0.6) is 0 Å². The minimum atomic E-state index is 0.508. The summed E-state index contributed by atoms with van der Waals surface area (Å²) >= 11 is 4.25. The number of unbranched alkanes of at least 4 members (excludes halogenated alkanes) is 17. The van der Waals surface area contributed by atoms with E-state index in [-0.39, 0.29) is 0 Å². The van der Waals surface area contributed by atoms with Gasteiger partial charge in [0.25, 0.3) is 0 Å². The number of hydrogen-bond acceptors (Lipinski definition) is 3. The Bertz CT molecular complexity index is 500. The zero-order valence-corrected chi connectivity index (χ0v) is 26.8. The van der Waals surface area contributed by atoms with Gasteiger partial charge in [-0.3, -0.25) is 4.79 Å². The van der Waals surface area contributed by atoms with Crippen LogP contribution in [0.4, 0.5) is 0 Å². The zero-order chi connectivity index (χ0) is 26.9. The van der Waals surface area contributed by atoms with Crippen molar-refractivity contribution < 1.29 is 4.79 Å². The minimum Gasteiger partial charge on any atom is -0.300 e. The molecule has 0 unspecified atom stereocenters. The van der Waals surface area contributed by atoms with Gasteiger partial charge in [-0.2, -0.15) is 23.5 Å². The predicted octanol–water partition coefficient (Wildman–Crippen LogP) is 12.5. The van der Waals surface area contributed by atoms with Crippen LogP contribution in [0.1, 0.15) is 168 Å². The van der Waals surface area contributed by atoms with Crippen molar-refractivity contribution in [2.45, 2.75) is 168 Å². The Morgan fingerprint density at radius 2 is 0.892 bits per heavy atom. The molecule has 0 radical (unpaired) electrons. The fraction of sp³-hybridized carbons (Fsp3) is 0.853. The van der Waals surface area contributed by atoms with Crippen LogP contribution < -0.4 is 0 Å². The van der Waals surface area contributed by atoms with Crippen LogP contribution in [0.3, 0.4) is 0 Å². The topological polar surface area (TPSA) is 17.1 Å². The van der Waals surface area contributed by atoms with Crippen molar-refractivity contribution in [3.63, 3.8) is 0 Å². The molecule has 0 saturated heterocycles. The maximum absolute atomic E-state index is 12.1. The first-order valence-corrected chi connectivity index (χ1v) is 18.6. The van der Waals surface area contributed by atoms with Gasteiger partial charge in [0.1, 0.15) is 5.78 Å². The second kappa shape index (κ2) is 33.9. The van der Waals surface area contributed by atoms with Gasteiger partial charge in [-0.1, -0.05) is 122 Å². The Morgan fingerprint density at radius 3 is 1.43 bits per heavy atom. The number of Topliss-reactive ketones (excluding diaryl/α,β-unsaturated/α-hetero) is 1. The number of rotatable bonds is 31. The number of carbonyl (C=O) groups is 1. The van der Waals surface area contributed by atoms with Crippen molar-refractivity contribution in [2.24, 2.45) is 0 Å². The Labute approximate surface area is 242 Å². The maximum atomic E-state index is 12.1. The molecule has 0 aliphatic carbocycles. The lowest BCUT2D eigenvalue weighted by atomic mass is 10.0. The van der Waals surface area contributed by atoms with Crippen LogP contribution in [-0.4, -0.2) is 22.4 Å². The first-order valence-electron chi connectivity index (χ1n) is 16.3. The third-order valence-corrected chi connectivity index (χ3v) is 9.45. The predicted molar refractivity (Wildman–Crippen MR) is 175 cm³/mol. The highest BCUT2D eigenvalue weighted by Crippen LogP contribution is 2.17. The summed E-state index contributed by atoms with van der Waals surface area (Å²) in [5.74, 6) is 3.19. The number of thioether (sulfide) groups is 2. The molecule has 3 heteroatoms. The lowest BCUT2D eigenvalue weighted by molar-refractivity contribution is -0.119. The molecule has 0 N–H and O–H groups in total. The molecule has 0 bridgehead atoms. The van der Waals surface area contributed by atoms with Gasteiger partial charge in [0.15, 0.2) is 0 Å². The average molecular weight is 553 g/mol. The van der Waals surface area contributed by atoms with Crippen molar-refractivity contribution in [2.75, 3.05) is 16.6 Å². The molecular formula is C34H64OS2. The number of allylic oxidation sites excluding steroid dienone is 4. The molecule has 0 aromatic rings. The van der Waals surface area contributed by atoms with Crippen molar-refractivity contribution in [1.29, 1.82) is 0 Å². The molecule has 0 heterocycles. The van der Waals surface area contributed by atoms with Crippen molar-refractivity contribution >= 4 is 29.3 Å². The number of hydrogen-bond donors (Lipinski definition) is 0. The van der Waals surface area contributed by atoms with Gasteiger partial charge >= 0.3 is 0 Å². The molecule has 1 nitrogen and oxygen atoms in total. The Hall–Kier alpha value is -0.150. The fourth-order valence-electron chi connectivity index (χ4n) is 4.48. The van der Waals surface area contributed by atoms with Crippen molar-refractivity contribution in [1.82, 2.24) is 0 Å². The second-order valence-electron chi connectivity index (χ2n) is 10.7. The van der Waals surface area contributed by atoms with Crippen LogP contribution in [0.15, 0.2) is 24.3 Å². The van der Waals surface area contributed by atoms with Gasteiger partial charge in [-0.05, 0) is 69.3 Å². The van der Waals surface area contributed by atoms with E-state index in [2.05, 4.69) is 61.7 Å². The summed E-state index contributed by atoms with van der Waals surface area (Å²) in [5, 5.41) is 1.29. The molecule has 0 rings (SSSR count). The summed E-state index contributed by atoms with van der Waals surface area (Å²) in [5.41, 5.74) is 0. The number of carbonyl (C=O) groups excluding carboxylic acids is 1. The monoisotopic (exact) mass is 552 g/mol. The van der Waals surface area contributed by atoms with E-state index in [0.29, 0.717) is 5.78 Å². The van der Waals surface area contributed by atoms with E-state index in [9.17, 15) is 4.79 Å². The third-order valence-electron chi connectivity index (χ3n) is 6.96. The largest absolute Gasteiger partial charge is 0.300 e. The molecule has 0 saturated carbocycles. The van der Waals surface area contributed by atoms with Gasteiger partial charge in [0, 0.05) is 17.9 Å². The highest BCUT2D eigenvalue weighted by atomic mass is 32.2. The molecule has 0 fully saturated rings. The molecule has 0 aromatic carbocycles. The number of ketones is 1. The van der Waals surface area contributed by atoms with Crippen LogP contribution in [0.2, 0.25) is 0 Å². The molecule has 0 amide bonds. The first kappa shape index (κ1) is 36.8. The molecule has 0 aliphatic heterocycles. The minimum absolute atomic E-state index is 0.508. The van der Waals surface area contributed by atoms with Gasteiger partial charge in [-0.15, -0.1) is 0 Å². The first-order chi connectivity index (χ1) is 18.3. The standard InChI is InChI=1S/C34H64OS2/c1-3-5-7-8-9-10-11-12-13-14-15-16-17-19-22-25-29-34(35)30-26-23-20-18-21-24-28-32-37-33-36-31-27-6-4-2/h9-10,12-13H,3-8,11,14-33H2,1-2H3/b10-9-,13-12-. The Balaban J connectivity index is 3.22. The van der Waals surface area contributed by atoms with Gasteiger partial charge in [-0.25, -0.2) is 0 Å². The van der Waals surface area contributed by atoms with E-state index >= 15 is 0 Å². The van der Waals surface area contributed by atoms with E-state index in [1.807, 2.05) is 0 Å². The third kappa shape index (κ3) is 33.8. The van der Waals surface area contributed by atoms with Crippen LogP contribution >= 0.6 is 23.5 Å². The zero-order valence-electron chi connectivity index (χ0n) is 25.1. The second-order valence-corrected chi connectivity index (χ2v) is 13.3. The van der Waals surface area contributed by atoms with E-state index in [4.69, 9.17) is 0 Å². The lowest BCUT2D eigenvalue weighted by Crippen LogP contribution is -1.97. The van der Waals surface area contributed by atoms with E-state index in [0.717, 1.165) is 32.1 Å². The van der Waals surface area contributed by atoms with E-state index in [1.54, 1.807) is 0 Å². The van der Waals surface area contributed by atoms with Crippen LogP contribution in [0.25, 0.3) is 0 Å².